The van der Waals surface area contributed by atoms with Crippen LogP contribution in [0.1, 0.15) is 30.1 Å². The number of hydrogen-bond acceptors (Lipinski definition) is 5. The molecule has 0 unspecified atom stereocenters. The van der Waals surface area contributed by atoms with Gasteiger partial charge in [0.05, 0.1) is 10.7 Å². The zero-order valence-corrected chi connectivity index (χ0v) is 13.8. The van der Waals surface area contributed by atoms with Gasteiger partial charge in [0.2, 0.25) is 0 Å². The maximum Gasteiger partial charge on any atom is 0.148 e. The van der Waals surface area contributed by atoms with E-state index >= 15 is 0 Å². The topological polar surface area (TPSA) is 75.9 Å². The van der Waals surface area contributed by atoms with Crippen LogP contribution in [0.2, 0.25) is 5.02 Å². The Morgan fingerprint density at radius 2 is 2.00 bits per heavy atom. The van der Waals surface area contributed by atoms with Crippen LogP contribution < -0.4 is 16.6 Å². The lowest BCUT2D eigenvalue weighted by Crippen LogP contribution is -2.14. The third-order valence-electron chi connectivity index (χ3n) is 3.43. The minimum absolute atomic E-state index is 0.443. The molecule has 0 bridgehead atoms. The van der Waals surface area contributed by atoms with Crippen LogP contribution in [-0.4, -0.2) is 9.97 Å². The van der Waals surface area contributed by atoms with E-state index in [0.717, 1.165) is 40.2 Å². The SMILES string of the molecule is Cc1c(NN)nc(C2CC2)nc1Nc1ccc(Br)cc1Cl. The largest absolute Gasteiger partial charge is 0.339 e. The van der Waals surface area contributed by atoms with Crippen LogP contribution in [0.25, 0.3) is 0 Å². The molecule has 1 fully saturated rings. The number of nitrogen functional groups attached to an aromatic ring is 1. The van der Waals surface area contributed by atoms with Gasteiger partial charge in [0.25, 0.3) is 0 Å². The quantitative estimate of drug-likeness (QED) is 0.559. The smallest absolute Gasteiger partial charge is 0.148 e. The zero-order valence-electron chi connectivity index (χ0n) is 11.5. The Balaban J connectivity index is 1.98. The van der Waals surface area contributed by atoms with Gasteiger partial charge < -0.3 is 10.7 Å². The van der Waals surface area contributed by atoms with E-state index in [0.29, 0.717) is 16.8 Å². The molecule has 0 amide bonds. The maximum absolute atomic E-state index is 6.24. The van der Waals surface area contributed by atoms with Crippen molar-refractivity contribution in [2.45, 2.75) is 25.7 Å². The van der Waals surface area contributed by atoms with Gasteiger partial charge in [0.1, 0.15) is 17.5 Å². The molecule has 0 atom stereocenters. The molecule has 0 radical (unpaired) electrons. The molecule has 3 rings (SSSR count). The number of aromatic nitrogens is 2. The lowest BCUT2D eigenvalue weighted by Gasteiger charge is -2.14. The molecule has 1 aromatic heterocycles. The summed E-state index contributed by atoms with van der Waals surface area (Å²) in [6.45, 7) is 1.92. The summed E-state index contributed by atoms with van der Waals surface area (Å²) < 4.78 is 0.931. The number of nitrogens with one attached hydrogen (secondary N) is 2. The molecule has 1 saturated carbocycles. The number of nitrogens with zero attached hydrogens (tertiary/aromatic N) is 2. The van der Waals surface area contributed by atoms with Crippen molar-refractivity contribution in [3.05, 3.63) is 39.1 Å². The molecule has 5 nitrogen and oxygen atoms in total. The Hall–Kier alpha value is -1.37. The standard InChI is InChI=1S/C14H15BrClN5/c1-7-12(18-11-5-4-9(15)6-10(11)16)19-14(8-2-3-8)20-13(7)21-17/h4-6,8H,2-3,17H2,1H3,(H2,18,19,20,21). The van der Waals surface area contributed by atoms with E-state index in [-0.39, 0.29) is 0 Å². The molecule has 110 valence electrons. The Morgan fingerprint density at radius 1 is 1.29 bits per heavy atom. The highest BCUT2D eigenvalue weighted by Crippen LogP contribution is 2.40. The van der Waals surface area contributed by atoms with Crippen LogP contribution in [-0.2, 0) is 0 Å². The van der Waals surface area contributed by atoms with Gasteiger partial charge in [-0.2, -0.15) is 0 Å². The van der Waals surface area contributed by atoms with E-state index < -0.39 is 0 Å². The van der Waals surface area contributed by atoms with Gasteiger partial charge in [-0.3, -0.25) is 0 Å². The summed E-state index contributed by atoms with van der Waals surface area (Å²) in [6, 6.07) is 5.67. The van der Waals surface area contributed by atoms with Crippen molar-refractivity contribution >= 4 is 44.9 Å². The van der Waals surface area contributed by atoms with Crippen LogP contribution >= 0.6 is 27.5 Å². The summed E-state index contributed by atoms with van der Waals surface area (Å²) in [6.07, 6.45) is 2.26. The summed E-state index contributed by atoms with van der Waals surface area (Å²) in [4.78, 5) is 9.08. The van der Waals surface area contributed by atoms with Crippen molar-refractivity contribution in [2.75, 3.05) is 10.7 Å². The van der Waals surface area contributed by atoms with Crippen molar-refractivity contribution in [3.63, 3.8) is 0 Å². The third kappa shape index (κ3) is 3.12. The minimum atomic E-state index is 0.443. The van der Waals surface area contributed by atoms with Gasteiger partial charge in [-0.1, -0.05) is 27.5 Å². The summed E-state index contributed by atoms with van der Waals surface area (Å²) in [5, 5.41) is 3.89. The molecule has 1 aromatic carbocycles. The predicted molar refractivity (Wildman–Crippen MR) is 89.0 cm³/mol. The fraction of sp³-hybridized carbons (Fsp3) is 0.286. The molecule has 1 aliphatic carbocycles. The van der Waals surface area contributed by atoms with E-state index in [1.807, 2.05) is 25.1 Å². The monoisotopic (exact) mass is 367 g/mol. The van der Waals surface area contributed by atoms with Crippen LogP contribution in [0.15, 0.2) is 22.7 Å². The molecular formula is C14H15BrClN5. The van der Waals surface area contributed by atoms with E-state index in [1.54, 1.807) is 0 Å². The van der Waals surface area contributed by atoms with E-state index in [1.165, 1.54) is 0 Å². The number of benzene rings is 1. The highest BCUT2D eigenvalue weighted by Gasteiger charge is 2.28. The van der Waals surface area contributed by atoms with Crippen LogP contribution in [0, 0.1) is 6.92 Å². The molecule has 7 heteroatoms. The molecule has 21 heavy (non-hydrogen) atoms. The first-order valence-electron chi connectivity index (χ1n) is 6.65. The summed E-state index contributed by atoms with van der Waals surface area (Å²) in [7, 11) is 0. The fourth-order valence-corrected chi connectivity index (χ4v) is 2.76. The first-order valence-corrected chi connectivity index (χ1v) is 7.83. The second-order valence-corrected chi connectivity index (χ2v) is 6.39. The number of hydrogen-bond donors (Lipinski definition) is 3. The van der Waals surface area contributed by atoms with Crippen molar-refractivity contribution in [3.8, 4) is 0 Å². The van der Waals surface area contributed by atoms with E-state index in [9.17, 15) is 0 Å². The molecule has 0 spiro atoms. The number of hydrazine groups is 1. The summed E-state index contributed by atoms with van der Waals surface area (Å²) in [5.74, 6) is 8.19. The Bertz CT molecular complexity index is 687. The minimum Gasteiger partial charge on any atom is -0.339 e. The average Bonchev–Trinajstić information content (AvgIpc) is 3.28. The van der Waals surface area contributed by atoms with Crippen molar-refractivity contribution in [1.29, 1.82) is 0 Å². The number of rotatable bonds is 4. The van der Waals surface area contributed by atoms with Gasteiger partial charge in [0.15, 0.2) is 0 Å². The second kappa shape index (κ2) is 5.79. The lowest BCUT2D eigenvalue weighted by molar-refractivity contribution is 0.920. The Labute approximate surface area is 136 Å². The predicted octanol–water partition coefficient (Wildman–Crippen LogP) is 4.11. The lowest BCUT2D eigenvalue weighted by atomic mass is 10.2. The Kier molecular flexibility index (Phi) is 4.01. The second-order valence-electron chi connectivity index (χ2n) is 5.07. The highest BCUT2D eigenvalue weighted by molar-refractivity contribution is 9.10. The van der Waals surface area contributed by atoms with Crippen LogP contribution in [0.4, 0.5) is 17.3 Å². The first kappa shape index (κ1) is 14.6. The molecule has 0 saturated heterocycles. The average molecular weight is 369 g/mol. The van der Waals surface area contributed by atoms with Crippen LogP contribution in [0.3, 0.4) is 0 Å². The normalized spacial score (nSPS) is 14.1. The molecule has 2 aromatic rings. The Morgan fingerprint density at radius 3 is 2.62 bits per heavy atom. The molecule has 4 N–H and O–H groups in total. The summed E-state index contributed by atoms with van der Waals surface area (Å²) in [5.41, 5.74) is 4.30. The van der Waals surface area contributed by atoms with Gasteiger partial charge in [-0.05, 0) is 38.0 Å². The van der Waals surface area contributed by atoms with Crippen LogP contribution in [0.5, 0.6) is 0 Å². The van der Waals surface area contributed by atoms with Gasteiger partial charge >= 0.3 is 0 Å². The molecule has 1 aliphatic rings. The summed E-state index contributed by atoms with van der Waals surface area (Å²) >= 11 is 9.64. The number of anilines is 3. The van der Waals surface area contributed by atoms with E-state index in [4.69, 9.17) is 17.4 Å². The molecular weight excluding hydrogens is 354 g/mol. The van der Waals surface area contributed by atoms with Crippen molar-refractivity contribution < 1.29 is 0 Å². The van der Waals surface area contributed by atoms with Gasteiger partial charge in [-0.25, -0.2) is 15.8 Å². The molecule has 1 heterocycles. The fourth-order valence-electron chi connectivity index (χ4n) is 2.04. The molecule has 0 aliphatic heterocycles. The van der Waals surface area contributed by atoms with E-state index in [2.05, 4.69) is 36.6 Å². The maximum atomic E-state index is 6.24. The number of nitrogens with two attached hydrogens (primary N) is 1. The number of halogens is 2. The van der Waals surface area contributed by atoms with Crippen molar-refractivity contribution in [1.82, 2.24) is 9.97 Å². The van der Waals surface area contributed by atoms with Gasteiger partial charge in [-0.15, -0.1) is 0 Å². The zero-order chi connectivity index (χ0) is 15.0. The van der Waals surface area contributed by atoms with Gasteiger partial charge in [0, 0.05) is 16.0 Å². The highest BCUT2D eigenvalue weighted by atomic mass is 79.9. The third-order valence-corrected chi connectivity index (χ3v) is 4.23. The van der Waals surface area contributed by atoms with Crippen molar-refractivity contribution in [2.24, 2.45) is 5.84 Å². The first-order chi connectivity index (χ1) is 10.1.